The van der Waals surface area contributed by atoms with Crippen molar-refractivity contribution in [3.8, 4) is 0 Å². The van der Waals surface area contributed by atoms with Crippen LogP contribution in [0.2, 0.25) is 0 Å². The molecule has 3 rings (SSSR count). The second-order valence-electron chi connectivity index (χ2n) is 18.3. The first-order valence-corrected chi connectivity index (χ1v) is 24.5. The van der Waals surface area contributed by atoms with Gasteiger partial charge in [-0.25, -0.2) is 4.79 Å². The van der Waals surface area contributed by atoms with Crippen molar-refractivity contribution in [1.29, 1.82) is 0 Å². The summed E-state index contributed by atoms with van der Waals surface area (Å²) in [5.41, 5.74) is 0. The number of unbranched alkanes of at least 4 members (excludes halogenated alkanes) is 12. The van der Waals surface area contributed by atoms with E-state index < -0.39 is 135 Å². The fourth-order valence-corrected chi connectivity index (χ4v) is 8.49. The highest BCUT2D eigenvalue weighted by Crippen LogP contribution is 2.33. The number of carbonyl (C=O) groups excluding carboxylic acids is 2. The van der Waals surface area contributed by atoms with Crippen LogP contribution in [0.15, 0.2) is 0 Å². The molecular formula is C46H82O21. The van der Waals surface area contributed by atoms with Crippen molar-refractivity contribution < 1.29 is 103 Å². The molecule has 0 amide bonds. The molecule has 0 aromatic carbocycles. The van der Waals surface area contributed by atoms with Gasteiger partial charge in [-0.05, 0) is 38.5 Å². The maximum Gasteiger partial charge on any atom is 0.332 e. The van der Waals surface area contributed by atoms with Crippen LogP contribution in [-0.2, 0) is 52.3 Å². The smallest absolute Gasteiger partial charge is 0.332 e. The lowest BCUT2D eigenvalue weighted by Crippen LogP contribution is -2.65. The summed E-state index contributed by atoms with van der Waals surface area (Å²) in [5.74, 6) is -2.71. The van der Waals surface area contributed by atoms with Gasteiger partial charge in [0.25, 0.3) is 0 Å². The van der Waals surface area contributed by atoms with Crippen molar-refractivity contribution in [3.05, 3.63) is 0 Å². The second-order valence-corrected chi connectivity index (χ2v) is 18.3. The van der Waals surface area contributed by atoms with Crippen molar-refractivity contribution in [1.82, 2.24) is 0 Å². The summed E-state index contributed by atoms with van der Waals surface area (Å²) in [6.45, 7) is 2.94. The Labute approximate surface area is 393 Å². The van der Waals surface area contributed by atoms with E-state index in [1.165, 1.54) is 0 Å². The van der Waals surface area contributed by atoms with Gasteiger partial charge in [-0.1, -0.05) is 96.8 Å². The fourth-order valence-electron chi connectivity index (χ4n) is 8.49. The van der Waals surface area contributed by atoms with Gasteiger partial charge in [0.05, 0.1) is 31.5 Å². The number of carboxylic acid groups (broad SMARTS) is 1. The molecule has 13 unspecified atom stereocenters. The lowest BCUT2D eigenvalue weighted by Gasteiger charge is -2.46. The van der Waals surface area contributed by atoms with Gasteiger partial charge in [0.2, 0.25) is 0 Å². The summed E-state index contributed by atoms with van der Waals surface area (Å²) in [6.07, 6.45) is -8.12. The maximum atomic E-state index is 11.8. The van der Waals surface area contributed by atoms with Gasteiger partial charge >= 0.3 is 17.9 Å². The van der Waals surface area contributed by atoms with E-state index in [-0.39, 0.29) is 6.61 Å². The minimum absolute atomic E-state index is 0.291. The average molecular weight is 971 g/mol. The van der Waals surface area contributed by atoms with Crippen molar-refractivity contribution >= 4 is 17.9 Å². The van der Waals surface area contributed by atoms with Crippen LogP contribution in [0.1, 0.15) is 149 Å². The lowest BCUT2D eigenvalue weighted by molar-refractivity contribution is -0.380. The van der Waals surface area contributed by atoms with Crippen LogP contribution in [0, 0.1) is 0 Å². The summed E-state index contributed by atoms with van der Waals surface area (Å²) < 4.78 is 45.9. The Kier molecular flexibility index (Phi) is 28.2. The molecule has 392 valence electrons. The second kappa shape index (κ2) is 31.9. The molecule has 0 saturated carbocycles. The third kappa shape index (κ3) is 21.0. The van der Waals surface area contributed by atoms with Crippen LogP contribution < -0.4 is 0 Å². The first-order valence-electron chi connectivity index (χ1n) is 24.5. The lowest BCUT2D eigenvalue weighted by atomic mass is 9.98. The predicted octanol–water partition coefficient (Wildman–Crippen LogP) is 1.23. The molecule has 3 aliphatic rings. The average Bonchev–Trinajstić information content (AvgIpc) is 3.28. The zero-order valence-corrected chi connectivity index (χ0v) is 39.5. The standard InChI is InChI=1S/C46H82O21/c1-4-5-15-19-29(20-18-23-31(50)30(49)21-16-13-11-9-7-6-8-10-12-14-17-22-32(51)43(58)59)64-45-41(36(54)33(52)24-61-45)67-46-42(37(55)34(53)25-62-46)66-44-39(57)38(56)40(63-28(3)48)35(65-44)26-60-27(2)47/h29-42,44-46,49-57H,4-26H2,1-3H3,(H,58,59)/t29-,30-,31+,32+,33?,34?,35?,36?,37?,38?,39?,40?,41?,42?,44?,45?,46?/m1/s1. The quantitative estimate of drug-likeness (QED) is 0.0327. The summed E-state index contributed by atoms with van der Waals surface area (Å²) >= 11 is 0. The Hall–Kier alpha value is -2.19. The molecular weight excluding hydrogens is 888 g/mol. The van der Waals surface area contributed by atoms with Crippen LogP contribution in [0.5, 0.6) is 0 Å². The van der Waals surface area contributed by atoms with Crippen molar-refractivity contribution in [2.24, 2.45) is 0 Å². The van der Waals surface area contributed by atoms with Crippen LogP contribution >= 0.6 is 0 Å². The van der Waals surface area contributed by atoms with Gasteiger partial charge in [-0.3, -0.25) is 9.59 Å². The number of hydrogen-bond acceptors (Lipinski definition) is 20. The highest BCUT2D eigenvalue weighted by Gasteiger charge is 2.52. The summed E-state index contributed by atoms with van der Waals surface area (Å²) in [4.78, 5) is 34.1. The zero-order valence-electron chi connectivity index (χ0n) is 39.5. The Morgan fingerprint density at radius 1 is 0.552 bits per heavy atom. The van der Waals surface area contributed by atoms with Gasteiger partial charge in [-0.2, -0.15) is 0 Å². The maximum absolute atomic E-state index is 11.8. The third-order valence-corrected chi connectivity index (χ3v) is 12.5. The monoisotopic (exact) mass is 971 g/mol. The molecule has 17 atom stereocenters. The number of aliphatic hydroxyl groups excluding tert-OH is 9. The van der Waals surface area contributed by atoms with E-state index in [1.54, 1.807) is 0 Å². The number of aliphatic carboxylic acids is 1. The van der Waals surface area contributed by atoms with E-state index in [4.69, 9.17) is 43.0 Å². The molecule has 0 aliphatic carbocycles. The van der Waals surface area contributed by atoms with Gasteiger partial charge in [-0.15, -0.1) is 0 Å². The number of aliphatic hydroxyl groups is 9. The Morgan fingerprint density at radius 3 is 1.57 bits per heavy atom. The largest absolute Gasteiger partial charge is 0.479 e. The zero-order chi connectivity index (χ0) is 49.5. The molecule has 21 heteroatoms. The Morgan fingerprint density at radius 2 is 1.03 bits per heavy atom. The molecule has 3 aliphatic heterocycles. The molecule has 0 bridgehead atoms. The van der Waals surface area contributed by atoms with Crippen LogP contribution in [0.4, 0.5) is 0 Å². The molecule has 67 heavy (non-hydrogen) atoms. The molecule has 3 saturated heterocycles. The minimum Gasteiger partial charge on any atom is -0.479 e. The van der Waals surface area contributed by atoms with E-state index >= 15 is 0 Å². The van der Waals surface area contributed by atoms with Crippen molar-refractivity contribution in [2.45, 2.75) is 254 Å². The summed E-state index contributed by atoms with van der Waals surface area (Å²) in [5, 5.41) is 105. The van der Waals surface area contributed by atoms with Crippen molar-refractivity contribution in [3.63, 3.8) is 0 Å². The number of ether oxygens (including phenoxy) is 8. The SMILES string of the molecule is CCCCC[C@H](CCC[C@H](O)[C@H](O)CCCCCCCCCCCCC[C@H](O)C(=O)O)OC1OCC(O)C(O)C1OC1OCC(O)C(O)C1OC1OC(COC(C)=O)C(OC(C)=O)C(O)C1O. The normalized spacial score (nSPS) is 32.0. The first kappa shape index (κ1) is 59.1. The van der Waals surface area contributed by atoms with Crippen LogP contribution in [0.3, 0.4) is 0 Å². The van der Waals surface area contributed by atoms with Crippen LogP contribution in [-0.4, -0.2) is 193 Å². The van der Waals surface area contributed by atoms with Gasteiger partial charge in [0.15, 0.2) is 31.1 Å². The van der Waals surface area contributed by atoms with E-state index in [1.807, 2.05) is 0 Å². The van der Waals surface area contributed by atoms with Crippen LogP contribution in [0.25, 0.3) is 0 Å². The topological polar surface area (TPSA) is 327 Å². The Balaban J connectivity index is 1.53. The third-order valence-electron chi connectivity index (χ3n) is 12.5. The number of carbonyl (C=O) groups is 3. The first-order chi connectivity index (χ1) is 31.9. The molecule has 0 spiro atoms. The molecule has 0 radical (unpaired) electrons. The number of carboxylic acids is 1. The Bertz CT molecular complexity index is 1380. The number of esters is 2. The van der Waals surface area contributed by atoms with Crippen molar-refractivity contribution in [2.75, 3.05) is 19.8 Å². The highest BCUT2D eigenvalue weighted by atomic mass is 16.8. The fraction of sp³-hybridized carbons (Fsp3) is 0.935. The van der Waals surface area contributed by atoms with Gasteiger partial charge in [0, 0.05) is 13.8 Å². The summed E-state index contributed by atoms with van der Waals surface area (Å²) in [7, 11) is 0. The molecule has 0 aromatic heterocycles. The van der Waals surface area contributed by atoms with E-state index in [0.29, 0.717) is 44.9 Å². The summed E-state index contributed by atoms with van der Waals surface area (Å²) in [6, 6.07) is 0. The molecule has 3 heterocycles. The van der Waals surface area contributed by atoms with E-state index in [0.717, 1.165) is 97.3 Å². The van der Waals surface area contributed by atoms with Gasteiger partial charge in [0.1, 0.15) is 61.5 Å². The molecule has 0 aromatic rings. The molecule has 3 fully saturated rings. The van der Waals surface area contributed by atoms with E-state index in [9.17, 15) is 60.3 Å². The minimum atomic E-state index is -1.91. The highest BCUT2D eigenvalue weighted by molar-refractivity contribution is 5.71. The molecule has 10 N–H and O–H groups in total. The number of rotatable bonds is 33. The van der Waals surface area contributed by atoms with E-state index in [2.05, 4.69) is 6.92 Å². The van der Waals surface area contributed by atoms with Gasteiger partial charge < -0.3 is 89.0 Å². The molecule has 21 nitrogen and oxygen atoms in total. The predicted molar refractivity (Wildman–Crippen MR) is 235 cm³/mol. The number of hydrogen-bond donors (Lipinski definition) is 10.